The van der Waals surface area contributed by atoms with Crippen molar-refractivity contribution < 1.29 is 0 Å². The van der Waals surface area contributed by atoms with E-state index in [-0.39, 0.29) is 0 Å². The van der Waals surface area contributed by atoms with Gasteiger partial charge in [0.2, 0.25) is 0 Å². The van der Waals surface area contributed by atoms with Crippen LogP contribution in [0.2, 0.25) is 0 Å². The smallest absolute Gasteiger partial charge is 0.0299 e. The Balaban J connectivity index is 0.000000146. The minimum atomic E-state index is 1.08. The van der Waals surface area contributed by atoms with Gasteiger partial charge in [0, 0.05) is 12.4 Å². The second-order valence-corrected chi connectivity index (χ2v) is 3.53. The van der Waals surface area contributed by atoms with Crippen LogP contribution >= 0.6 is 0 Å². The first-order valence-corrected chi connectivity index (χ1v) is 5.53. The summed E-state index contributed by atoms with van der Waals surface area (Å²) < 4.78 is 0. The number of nitrogens with one attached hydrogen (secondary N) is 1. The molecular formula is C12H20N2. The van der Waals surface area contributed by atoms with Crippen molar-refractivity contribution in [1.29, 1.82) is 0 Å². The summed E-state index contributed by atoms with van der Waals surface area (Å²) in [7, 11) is 0. The zero-order chi connectivity index (χ0) is 10.1. The number of pyridine rings is 1. The van der Waals surface area contributed by atoms with Crippen LogP contribution in [0.3, 0.4) is 0 Å². The molecule has 2 heterocycles. The van der Waals surface area contributed by atoms with Crippen LogP contribution in [0.5, 0.6) is 0 Å². The van der Waals surface area contributed by atoms with E-state index < -0.39 is 0 Å². The average molecular weight is 192 g/mol. The van der Waals surface area contributed by atoms with E-state index in [1.807, 2.05) is 12.3 Å². The monoisotopic (exact) mass is 192 g/mol. The third-order valence-corrected chi connectivity index (χ3v) is 2.34. The summed E-state index contributed by atoms with van der Waals surface area (Å²) in [6.45, 7) is 4.62. The lowest BCUT2D eigenvalue weighted by Gasteiger charge is -2.08. The fourth-order valence-electron chi connectivity index (χ4n) is 1.41. The van der Waals surface area contributed by atoms with Gasteiger partial charge in [-0.15, -0.1) is 0 Å². The number of rotatable bonds is 1. The molecule has 2 heteroatoms. The largest absolute Gasteiger partial charge is 0.317 e. The Hall–Kier alpha value is -0.890. The predicted molar refractivity (Wildman–Crippen MR) is 60.3 cm³/mol. The van der Waals surface area contributed by atoms with E-state index in [2.05, 4.69) is 23.3 Å². The SMILES string of the molecule is C1CCNCC1.CCc1cccnc1. The molecule has 1 N–H and O–H groups in total. The van der Waals surface area contributed by atoms with E-state index in [1.54, 1.807) is 6.20 Å². The van der Waals surface area contributed by atoms with Crippen molar-refractivity contribution in [3.8, 4) is 0 Å². The fraction of sp³-hybridized carbons (Fsp3) is 0.583. The molecule has 1 aliphatic rings. The van der Waals surface area contributed by atoms with Gasteiger partial charge in [-0.3, -0.25) is 4.98 Å². The Morgan fingerprint density at radius 1 is 1.29 bits per heavy atom. The number of aromatic nitrogens is 1. The Bertz CT molecular complexity index is 206. The maximum Gasteiger partial charge on any atom is 0.0299 e. The van der Waals surface area contributed by atoms with Crippen LogP contribution in [-0.4, -0.2) is 18.1 Å². The first-order chi connectivity index (χ1) is 6.93. The maximum atomic E-state index is 3.96. The third-order valence-electron chi connectivity index (χ3n) is 2.34. The molecule has 14 heavy (non-hydrogen) atoms. The van der Waals surface area contributed by atoms with Gasteiger partial charge < -0.3 is 5.32 Å². The summed E-state index contributed by atoms with van der Waals surface area (Å²) in [6.07, 6.45) is 8.97. The van der Waals surface area contributed by atoms with Crippen molar-refractivity contribution >= 4 is 0 Å². The number of piperidine rings is 1. The van der Waals surface area contributed by atoms with Crippen LogP contribution in [0.1, 0.15) is 31.7 Å². The van der Waals surface area contributed by atoms with Crippen molar-refractivity contribution in [3.63, 3.8) is 0 Å². The number of nitrogens with zero attached hydrogens (tertiary/aromatic N) is 1. The highest BCUT2D eigenvalue weighted by atomic mass is 14.9. The minimum absolute atomic E-state index is 1.08. The van der Waals surface area contributed by atoms with Crippen LogP contribution in [0, 0.1) is 0 Å². The summed E-state index contributed by atoms with van der Waals surface area (Å²) in [5.41, 5.74) is 1.30. The lowest BCUT2D eigenvalue weighted by Crippen LogP contribution is -2.21. The molecule has 78 valence electrons. The van der Waals surface area contributed by atoms with Crippen molar-refractivity contribution in [2.24, 2.45) is 0 Å². The number of hydrogen-bond acceptors (Lipinski definition) is 2. The molecular weight excluding hydrogens is 172 g/mol. The van der Waals surface area contributed by atoms with Gasteiger partial charge in [-0.25, -0.2) is 0 Å². The maximum absolute atomic E-state index is 3.96. The van der Waals surface area contributed by atoms with Crippen LogP contribution in [0.25, 0.3) is 0 Å². The zero-order valence-corrected chi connectivity index (χ0v) is 9.00. The normalized spacial score (nSPS) is 15.5. The molecule has 0 spiro atoms. The van der Waals surface area contributed by atoms with E-state index in [0.717, 1.165) is 6.42 Å². The van der Waals surface area contributed by atoms with Crippen LogP contribution < -0.4 is 5.32 Å². The zero-order valence-electron chi connectivity index (χ0n) is 9.00. The third kappa shape index (κ3) is 4.97. The van der Waals surface area contributed by atoms with E-state index in [0.29, 0.717) is 0 Å². The Morgan fingerprint density at radius 2 is 2.07 bits per heavy atom. The first kappa shape index (κ1) is 11.2. The van der Waals surface area contributed by atoms with Crippen molar-refractivity contribution in [1.82, 2.24) is 10.3 Å². The summed E-state index contributed by atoms with van der Waals surface area (Å²) in [4.78, 5) is 3.96. The van der Waals surface area contributed by atoms with Gasteiger partial charge in [-0.1, -0.05) is 19.4 Å². The molecule has 1 saturated heterocycles. The fourth-order valence-corrected chi connectivity index (χ4v) is 1.41. The van der Waals surface area contributed by atoms with E-state index in [9.17, 15) is 0 Å². The predicted octanol–water partition coefficient (Wildman–Crippen LogP) is 2.40. The molecule has 2 nitrogen and oxygen atoms in total. The highest BCUT2D eigenvalue weighted by Crippen LogP contribution is 1.96. The highest BCUT2D eigenvalue weighted by Gasteiger charge is 1.93. The molecule has 2 rings (SSSR count). The molecule has 0 bridgehead atoms. The second kappa shape index (κ2) is 7.51. The molecule has 0 atom stereocenters. The van der Waals surface area contributed by atoms with E-state index in [1.165, 1.54) is 37.9 Å². The van der Waals surface area contributed by atoms with Gasteiger partial charge in [0.15, 0.2) is 0 Å². The lowest BCUT2D eigenvalue weighted by atomic mass is 10.2. The molecule has 1 aromatic heterocycles. The van der Waals surface area contributed by atoms with Gasteiger partial charge in [-0.2, -0.15) is 0 Å². The van der Waals surface area contributed by atoms with E-state index >= 15 is 0 Å². The topological polar surface area (TPSA) is 24.9 Å². The van der Waals surface area contributed by atoms with Crippen molar-refractivity contribution in [2.75, 3.05) is 13.1 Å². The van der Waals surface area contributed by atoms with Gasteiger partial charge in [0.25, 0.3) is 0 Å². The molecule has 0 amide bonds. The minimum Gasteiger partial charge on any atom is -0.317 e. The van der Waals surface area contributed by atoms with Gasteiger partial charge in [-0.05, 0) is 44.0 Å². The average Bonchev–Trinajstić information content (AvgIpc) is 2.33. The highest BCUT2D eigenvalue weighted by molar-refractivity contribution is 5.07. The molecule has 0 saturated carbocycles. The van der Waals surface area contributed by atoms with Crippen LogP contribution in [0.15, 0.2) is 24.5 Å². The summed E-state index contributed by atoms with van der Waals surface area (Å²) >= 11 is 0. The van der Waals surface area contributed by atoms with Crippen LogP contribution in [-0.2, 0) is 6.42 Å². The van der Waals surface area contributed by atoms with Crippen molar-refractivity contribution in [2.45, 2.75) is 32.6 Å². The molecule has 0 aromatic carbocycles. The van der Waals surface area contributed by atoms with Gasteiger partial charge in [0.05, 0.1) is 0 Å². The second-order valence-electron chi connectivity index (χ2n) is 3.53. The summed E-state index contributed by atoms with van der Waals surface area (Å²) in [6, 6.07) is 4.03. The summed E-state index contributed by atoms with van der Waals surface area (Å²) in [5, 5.41) is 3.28. The van der Waals surface area contributed by atoms with Crippen LogP contribution in [0.4, 0.5) is 0 Å². The molecule has 1 aliphatic heterocycles. The standard InChI is InChI=1S/C7H9N.C5H11N/c1-2-7-4-3-5-8-6-7;1-2-4-6-5-3-1/h3-6H,2H2,1H3;6H,1-5H2. The Kier molecular flexibility index (Phi) is 6.00. The van der Waals surface area contributed by atoms with Gasteiger partial charge >= 0.3 is 0 Å². The van der Waals surface area contributed by atoms with E-state index in [4.69, 9.17) is 0 Å². The Labute approximate surface area is 86.8 Å². The molecule has 0 unspecified atom stereocenters. The van der Waals surface area contributed by atoms with Crippen molar-refractivity contribution in [3.05, 3.63) is 30.1 Å². The molecule has 1 aromatic rings. The molecule has 0 aliphatic carbocycles. The molecule has 0 radical (unpaired) electrons. The number of hydrogen-bond donors (Lipinski definition) is 1. The number of aryl methyl sites for hydroxylation is 1. The summed E-state index contributed by atoms with van der Waals surface area (Å²) in [5.74, 6) is 0. The lowest BCUT2D eigenvalue weighted by molar-refractivity contribution is 0.520. The van der Waals surface area contributed by atoms with Gasteiger partial charge in [0.1, 0.15) is 0 Å². The first-order valence-electron chi connectivity index (χ1n) is 5.53. The Morgan fingerprint density at radius 3 is 2.36 bits per heavy atom. The molecule has 1 fully saturated rings. The quantitative estimate of drug-likeness (QED) is 0.739.